The highest BCUT2D eigenvalue weighted by Gasteiger charge is 2.04. The largest absolute Gasteiger partial charge is 0.399 e. The summed E-state index contributed by atoms with van der Waals surface area (Å²) in [7, 11) is 0. The molecule has 0 aromatic heterocycles. The third-order valence-electron chi connectivity index (χ3n) is 1.64. The van der Waals surface area contributed by atoms with E-state index in [-0.39, 0.29) is 5.91 Å². The van der Waals surface area contributed by atoms with Crippen LogP contribution in [0, 0.1) is 0 Å². The summed E-state index contributed by atoms with van der Waals surface area (Å²) >= 11 is 2.00. The van der Waals surface area contributed by atoms with Gasteiger partial charge in [-0.1, -0.05) is 12.1 Å². The number of carbonyl (C=O) groups is 1. The first kappa shape index (κ1) is 10.3. The average Bonchev–Trinajstić information content (AvgIpc) is 2.08. The summed E-state index contributed by atoms with van der Waals surface area (Å²) in [5.74, 6) is 0.0532. The van der Waals surface area contributed by atoms with E-state index in [0.29, 0.717) is 6.54 Å². The lowest BCUT2D eigenvalue weighted by molar-refractivity contribution is -0.123. The van der Waals surface area contributed by atoms with Crippen molar-refractivity contribution in [1.29, 1.82) is 0 Å². The Bertz CT molecular complexity index is 297. The molecule has 0 aliphatic carbocycles. The molecule has 0 radical (unpaired) electrons. The Balaban J connectivity index is 2.64. The van der Waals surface area contributed by atoms with E-state index in [2.05, 4.69) is 0 Å². The number of amides is 1. The zero-order chi connectivity index (χ0) is 9.84. The number of nitrogen functional groups attached to an aromatic ring is 1. The molecule has 0 spiro atoms. The molecule has 0 unspecified atom stereocenters. The number of hydrogen-bond acceptors (Lipinski definition) is 2. The van der Waals surface area contributed by atoms with Crippen molar-refractivity contribution in [2.75, 3.05) is 5.73 Å². The molecule has 0 bridgehead atoms. The van der Waals surface area contributed by atoms with Gasteiger partial charge < -0.3 is 5.73 Å². The first-order valence-corrected chi connectivity index (χ1v) is 4.84. The summed E-state index contributed by atoms with van der Waals surface area (Å²) in [6.45, 7) is 2.17. The molecule has 3 nitrogen and oxygen atoms in total. The predicted molar refractivity (Wildman–Crippen MR) is 61.1 cm³/mol. The lowest BCUT2D eigenvalue weighted by Crippen LogP contribution is -2.16. The number of nitrogens with zero attached hydrogens (tertiary/aromatic N) is 1. The van der Waals surface area contributed by atoms with Crippen molar-refractivity contribution in [1.82, 2.24) is 3.11 Å². The minimum atomic E-state index is 0.0532. The summed E-state index contributed by atoms with van der Waals surface area (Å²) in [5, 5.41) is 0. The van der Waals surface area contributed by atoms with E-state index in [1.807, 2.05) is 47.1 Å². The molecule has 0 atom stereocenters. The Labute approximate surface area is 91.4 Å². The van der Waals surface area contributed by atoms with E-state index in [4.69, 9.17) is 5.73 Å². The van der Waals surface area contributed by atoms with Gasteiger partial charge in [0, 0.05) is 12.6 Å². The number of nitrogens with two attached hydrogens (primary N) is 1. The van der Waals surface area contributed by atoms with Gasteiger partial charge in [-0.25, -0.2) is 0 Å². The van der Waals surface area contributed by atoms with Gasteiger partial charge in [0.2, 0.25) is 5.91 Å². The molecule has 1 rings (SSSR count). The molecule has 0 heterocycles. The van der Waals surface area contributed by atoms with Crippen molar-refractivity contribution < 1.29 is 4.79 Å². The Morgan fingerprint density at radius 3 is 2.46 bits per heavy atom. The lowest BCUT2D eigenvalue weighted by atomic mass is 10.2. The van der Waals surface area contributed by atoms with Gasteiger partial charge in [0.25, 0.3) is 0 Å². The highest BCUT2D eigenvalue weighted by atomic mass is 127. The van der Waals surface area contributed by atoms with Crippen LogP contribution < -0.4 is 5.73 Å². The van der Waals surface area contributed by atoms with E-state index in [0.717, 1.165) is 11.3 Å². The summed E-state index contributed by atoms with van der Waals surface area (Å²) in [4.78, 5) is 10.9. The molecule has 0 fully saturated rings. The molecule has 70 valence electrons. The first-order chi connectivity index (χ1) is 6.09. The van der Waals surface area contributed by atoms with E-state index < -0.39 is 0 Å². The standard InChI is InChI=1S/C9H11IN2O/c1-7(13)12(10)6-8-2-4-9(11)5-3-8/h2-5H,6,11H2,1H3. The van der Waals surface area contributed by atoms with Gasteiger partial charge >= 0.3 is 0 Å². The van der Waals surface area contributed by atoms with Crippen molar-refractivity contribution in [3.8, 4) is 0 Å². The number of halogens is 1. The molecule has 0 saturated carbocycles. The number of carbonyl (C=O) groups excluding carboxylic acids is 1. The third kappa shape index (κ3) is 3.22. The van der Waals surface area contributed by atoms with Crippen LogP contribution in [0.15, 0.2) is 24.3 Å². The molecule has 0 aliphatic heterocycles. The van der Waals surface area contributed by atoms with Crippen molar-refractivity contribution in [2.24, 2.45) is 0 Å². The molecular weight excluding hydrogens is 279 g/mol. The van der Waals surface area contributed by atoms with Crippen LogP contribution in [0.4, 0.5) is 5.69 Å². The quantitative estimate of drug-likeness (QED) is 0.514. The molecule has 13 heavy (non-hydrogen) atoms. The van der Waals surface area contributed by atoms with Crippen molar-refractivity contribution in [3.63, 3.8) is 0 Å². The lowest BCUT2D eigenvalue weighted by Gasteiger charge is -2.11. The van der Waals surface area contributed by atoms with Crippen molar-refractivity contribution in [2.45, 2.75) is 13.5 Å². The van der Waals surface area contributed by atoms with Crippen LogP contribution in [0.25, 0.3) is 0 Å². The zero-order valence-corrected chi connectivity index (χ0v) is 9.48. The van der Waals surface area contributed by atoms with Crippen LogP contribution in [-0.2, 0) is 11.3 Å². The van der Waals surface area contributed by atoms with Gasteiger partial charge in [-0.2, -0.15) is 0 Å². The fourth-order valence-corrected chi connectivity index (χ4v) is 1.29. The Morgan fingerprint density at radius 2 is 2.00 bits per heavy atom. The molecular formula is C9H11IN2O. The average molecular weight is 290 g/mol. The molecule has 1 amide bonds. The molecule has 1 aromatic carbocycles. The van der Waals surface area contributed by atoms with Crippen LogP contribution in [0.1, 0.15) is 12.5 Å². The Morgan fingerprint density at radius 1 is 1.46 bits per heavy atom. The SMILES string of the molecule is CC(=O)N(I)Cc1ccc(N)cc1. The first-order valence-electron chi connectivity index (χ1n) is 3.88. The van der Waals surface area contributed by atoms with Crippen LogP contribution in [0.2, 0.25) is 0 Å². The molecule has 1 aromatic rings. The zero-order valence-electron chi connectivity index (χ0n) is 7.33. The minimum absolute atomic E-state index is 0.0532. The number of hydrogen-bond donors (Lipinski definition) is 1. The second-order valence-corrected chi connectivity index (χ2v) is 3.95. The minimum Gasteiger partial charge on any atom is -0.399 e. The number of rotatable bonds is 2. The molecule has 2 N–H and O–H groups in total. The summed E-state index contributed by atoms with van der Waals surface area (Å²) in [6.07, 6.45) is 0. The monoisotopic (exact) mass is 290 g/mol. The van der Waals surface area contributed by atoms with E-state index in [9.17, 15) is 4.79 Å². The van der Waals surface area contributed by atoms with Crippen LogP contribution >= 0.6 is 22.9 Å². The summed E-state index contributed by atoms with van der Waals surface area (Å²) < 4.78 is 1.63. The van der Waals surface area contributed by atoms with E-state index in [1.165, 1.54) is 0 Å². The second kappa shape index (κ2) is 4.45. The van der Waals surface area contributed by atoms with E-state index in [1.54, 1.807) is 10.0 Å². The third-order valence-corrected chi connectivity index (χ3v) is 2.66. The molecule has 0 saturated heterocycles. The van der Waals surface area contributed by atoms with E-state index >= 15 is 0 Å². The van der Waals surface area contributed by atoms with Crippen molar-refractivity contribution in [3.05, 3.63) is 29.8 Å². The Hall–Kier alpha value is -0.780. The number of benzene rings is 1. The van der Waals surface area contributed by atoms with Gasteiger partial charge in [0.15, 0.2) is 0 Å². The van der Waals surface area contributed by atoms with Gasteiger partial charge in [-0.05, 0) is 17.7 Å². The normalized spacial score (nSPS) is 9.69. The highest BCUT2D eigenvalue weighted by Crippen LogP contribution is 2.11. The summed E-state index contributed by atoms with van der Waals surface area (Å²) in [6, 6.07) is 7.51. The van der Waals surface area contributed by atoms with Crippen LogP contribution in [-0.4, -0.2) is 9.02 Å². The topological polar surface area (TPSA) is 46.3 Å². The van der Waals surface area contributed by atoms with Gasteiger partial charge in [-0.3, -0.25) is 7.91 Å². The van der Waals surface area contributed by atoms with Crippen LogP contribution in [0.5, 0.6) is 0 Å². The highest BCUT2D eigenvalue weighted by molar-refractivity contribution is 14.1. The van der Waals surface area contributed by atoms with Crippen molar-refractivity contribution >= 4 is 34.5 Å². The molecule has 4 heteroatoms. The fourth-order valence-electron chi connectivity index (χ4n) is 0.895. The maximum Gasteiger partial charge on any atom is 0.228 e. The fraction of sp³-hybridized carbons (Fsp3) is 0.222. The summed E-state index contributed by atoms with van der Waals surface area (Å²) in [5.41, 5.74) is 7.36. The maximum absolute atomic E-state index is 10.9. The van der Waals surface area contributed by atoms with Gasteiger partial charge in [0.05, 0.1) is 29.4 Å². The maximum atomic E-state index is 10.9. The number of anilines is 1. The molecule has 0 aliphatic rings. The predicted octanol–water partition coefficient (Wildman–Crippen LogP) is 1.97. The van der Waals surface area contributed by atoms with Gasteiger partial charge in [-0.15, -0.1) is 0 Å². The smallest absolute Gasteiger partial charge is 0.228 e. The van der Waals surface area contributed by atoms with Gasteiger partial charge in [0.1, 0.15) is 0 Å². The Kier molecular flexibility index (Phi) is 3.53. The second-order valence-electron chi connectivity index (χ2n) is 2.78. The van der Waals surface area contributed by atoms with Crippen LogP contribution in [0.3, 0.4) is 0 Å².